The minimum atomic E-state index is -0.661. The first-order chi connectivity index (χ1) is 41.0. The molecule has 488 valence electrons. The van der Waals surface area contributed by atoms with E-state index in [1.807, 2.05) is 0 Å². The average molecular weight is 1170 g/mol. The van der Waals surface area contributed by atoms with Crippen LogP contribution < -0.4 is 5.32 Å². The van der Waals surface area contributed by atoms with Crippen molar-refractivity contribution in [2.75, 3.05) is 13.2 Å². The van der Waals surface area contributed by atoms with E-state index in [0.717, 1.165) is 57.8 Å². The summed E-state index contributed by atoms with van der Waals surface area (Å²) in [6, 6.07) is -0.538. The van der Waals surface area contributed by atoms with Crippen LogP contribution >= 0.6 is 0 Å². The highest BCUT2D eigenvalue weighted by Crippen LogP contribution is 2.19. The number of ether oxygens (including phenoxy) is 1. The highest BCUT2D eigenvalue weighted by Gasteiger charge is 2.20. The number of unbranched alkanes of at least 4 members (excludes halogenated alkanes) is 51. The lowest BCUT2D eigenvalue weighted by atomic mass is 10.0. The standard InChI is InChI=1S/C77H145NO5/c1-3-5-7-9-11-13-15-17-43-47-51-55-59-63-67-71-77(82)83-72-68-64-60-56-52-48-45-42-40-38-36-34-32-30-28-26-24-22-20-18-19-21-23-25-27-29-31-33-35-37-39-41-44-46-50-54-58-62-66-70-76(81)78-74(73-79)75(80)69-65-61-57-53-49-16-14-12-10-8-6-4-2/h11,13,17-19,22,24,43,74-75,79-80H,3-10,12,14-16,20-21,23,25-42,44-73H2,1-2H3,(H,78,81)/b13-11-,19-18-,24-22-,43-17-. The Morgan fingerprint density at radius 1 is 0.337 bits per heavy atom. The zero-order valence-electron chi connectivity index (χ0n) is 55.9. The molecule has 1 amide bonds. The summed E-state index contributed by atoms with van der Waals surface area (Å²) in [5.41, 5.74) is 0. The van der Waals surface area contributed by atoms with E-state index in [-0.39, 0.29) is 18.5 Å². The lowest BCUT2D eigenvalue weighted by Crippen LogP contribution is -2.45. The predicted molar refractivity (Wildman–Crippen MR) is 366 cm³/mol. The molecule has 0 bridgehead atoms. The molecule has 0 heterocycles. The van der Waals surface area contributed by atoms with Crippen LogP contribution in [0.2, 0.25) is 0 Å². The van der Waals surface area contributed by atoms with E-state index >= 15 is 0 Å². The third-order valence-corrected chi connectivity index (χ3v) is 17.4. The summed E-state index contributed by atoms with van der Waals surface area (Å²) < 4.78 is 5.49. The molecule has 0 rings (SSSR count). The molecule has 0 aromatic heterocycles. The van der Waals surface area contributed by atoms with Crippen molar-refractivity contribution in [3.63, 3.8) is 0 Å². The zero-order chi connectivity index (χ0) is 59.9. The smallest absolute Gasteiger partial charge is 0.305 e. The van der Waals surface area contributed by atoms with E-state index < -0.39 is 12.1 Å². The van der Waals surface area contributed by atoms with E-state index in [1.165, 1.54) is 315 Å². The Labute approximate surface area is 518 Å². The molecule has 0 saturated heterocycles. The summed E-state index contributed by atoms with van der Waals surface area (Å²) in [7, 11) is 0. The number of nitrogens with one attached hydrogen (secondary N) is 1. The summed E-state index contributed by atoms with van der Waals surface area (Å²) in [6.07, 6.45) is 94.8. The Kier molecular flexibility index (Phi) is 70.4. The Hall–Kier alpha value is -2.18. The minimum Gasteiger partial charge on any atom is -0.466 e. The van der Waals surface area contributed by atoms with Crippen LogP contribution in [0.25, 0.3) is 0 Å². The van der Waals surface area contributed by atoms with Crippen molar-refractivity contribution < 1.29 is 24.5 Å². The van der Waals surface area contributed by atoms with Gasteiger partial charge >= 0.3 is 5.97 Å². The van der Waals surface area contributed by atoms with Crippen molar-refractivity contribution in [3.05, 3.63) is 48.6 Å². The maximum atomic E-state index is 12.5. The Balaban J connectivity index is 3.34. The van der Waals surface area contributed by atoms with Crippen molar-refractivity contribution in [2.45, 2.75) is 418 Å². The molecule has 83 heavy (non-hydrogen) atoms. The van der Waals surface area contributed by atoms with Crippen LogP contribution in [0.4, 0.5) is 0 Å². The molecular formula is C77H145NO5. The van der Waals surface area contributed by atoms with Crippen LogP contribution in [0.3, 0.4) is 0 Å². The lowest BCUT2D eigenvalue weighted by Gasteiger charge is -2.22. The molecule has 0 aromatic rings. The lowest BCUT2D eigenvalue weighted by molar-refractivity contribution is -0.143. The van der Waals surface area contributed by atoms with Crippen LogP contribution in [-0.4, -0.2) is 47.4 Å². The van der Waals surface area contributed by atoms with E-state index in [4.69, 9.17) is 4.74 Å². The molecule has 0 spiro atoms. The number of allylic oxidation sites excluding steroid dienone is 8. The summed E-state index contributed by atoms with van der Waals surface area (Å²) in [4.78, 5) is 24.6. The van der Waals surface area contributed by atoms with Crippen molar-refractivity contribution in [1.82, 2.24) is 5.32 Å². The topological polar surface area (TPSA) is 95.9 Å². The van der Waals surface area contributed by atoms with Crippen molar-refractivity contribution in [2.24, 2.45) is 0 Å². The fourth-order valence-corrected chi connectivity index (χ4v) is 11.6. The number of carbonyl (C=O) groups excluding carboxylic acids is 2. The Morgan fingerprint density at radius 2 is 0.602 bits per heavy atom. The molecule has 0 aliphatic rings. The Morgan fingerprint density at radius 3 is 0.940 bits per heavy atom. The number of aliphatic hydroxyl groups excluding tert-OH is 2. The molecule has 0 aromatic carbocycles. The van der Waals surface area contributed by atoms with Gasteiger partial charge in [0.05, 0.1) is 25.4 Å². The van der Waals surface area contributed by atoms with E-state index in [1.54, 1.807) is 0 Å². The van der Waals surface area contributed by atoms with Crippen LogP contribution in [0.5, 0.6) is 0 Å². The molecule has 0 aliphatic heterocycles. The molecule has 6 nitrogen and oxygen atoms in total. The first-order valence-corrected chi connectivity index (χ1v) is 37.4. The highest BCUT2D eigenvalue weighted by atomic mass is 16.5. The van der Waals surface area contributed by atoms with Gasteiger partial charge in [-0.1, -0.05) is 351 Å². The second-order valence-corrected chi connectivity index (χ2v) is 25.6. The molecule has 6 heteroatoms. The number of rotatable bonds is 70. The normalized spacial score (nSPS) is 12.8. The summed E-state index contributed by atoms with van der Waals surface area (Å²) in [6.45, 7) is 4.94. The van der Waals surface area contributed by atoms with E-state index in [0.29, 0.717) is 25.9 Å². The van der Waals surface area contributed by atoms with Gasteiger partial charge < -0.3 is 20.3 Å². The van der Waals surface area contributed by atoms with Crippen LogP contribution in [0.1, 0.15) is 406 Å². The maximum absolute atomic E-state index is 12.5. The van der Waals surface area contributed by atoms with Crippen LogP contribution in [0, 0.1) is 0 Å². The summed E-state index contributed by atoms with van der Waals surface area (Å²) in [5, 5.41) is 23.3. The third-order valence-electron chi connectivity index (χ3n) is 17.4. The van der Waals surface area contributed by atoms with Gasteiger partial charge in [-0.05, 0) is 89.9 Å². The highest BCUT2D eigenvalue weighted by molar-refractivity contribution is 5.76. The van der Waals surface area contributed by atoms with Crippen molar-refractivity contribution in [3.8, 4) is 0 Å². The summed E-state index contributed by atoms with van der Waals surface area (Å²) in [5.74, 6) is -0.0244. The molecule has 2 unspecified atom stereocenters. The quantitative estimate of drug-likeness (QED) is 0.0320. The monoisotopic (exact) mass is 1160 g/mol. The molecule has 3 N–H and O–H groups in total. The number of amides is 1. The number of hydrogen-bond acceptors (Lipinski definition) is 5. The number of carbonyl (C=O) groups is 2. The maximum Gasteiger partial charge on any atom is 0.305 e. The fraction of sp³-hybridized carbons (Fsp3) is 0.870. The average Bonchev–Trinajstić information content (AvgIpc) is 3.49. The second kappa shape index (κ2) is 72.3. The predicted octanol–water partition coefficient (Wildman–Crippen LogP) is 24.4. The van der Waals surface area contributed by atoms with Gasteiger partial charge in [0.15, 0.2) is 0 Å². The minimum absolute atomic E-state index is 0.00637. The molecule has 0 radical (unpaired) electrons. The van der Waals surface area contributed by atoms with Gasteiger partial charge in [0.2, 0.25) is 5.91 Å². The van der Waals surface area contributed by atoms with E-state index in [2.05, 4.69) is 67.8 Å². The largest absolute Gasteiger partial charge is 0.466 e. The SMILES string of the molecule is CCCCC/C=C\C/C=C\CCCCCCCC(=O)OCCCCCCCCCCCCCCCCC/C=C\C/C=C\CCCCCCCCCCCCCCCCCCCC(=O)NC(CO)C(O)CCCCCCCCCCCCCC. The van der Waals surface area contributed by atoms with Gasteiger partial charge in [-0.15, -0.1) is 0 Å². The van der Waals surface area contributed by atoms with Crippen LogP contribution in [-0.2, 0) is 14.3 Å². The number of esters is 1. The Bertz CT molecular complexity index is 1390. The molecular weight excluding hydrogens is 1020 g/mol. The molecule has 2 atom stereocenters. The van der Waals surface area contributed by atoms with Crippen molar-refractivity contribution in [1.29, 1.82) is 0 Å². The molecule has 0 saturated carbocycles. The first kappa shape index (κ1) is 80.8. The molecule has 0 aliphatic carbocycles. The third kappa shape index (κ3) is 68.8. The summed E-state index contributed by atoms with van der Waals surface area (Å²) >= 11 is 0. The second-order valence-electron chi connectivity index (χ2n) is 25.6. The number of aliphatic hydroxyl groups is 2. The van der Waals surface area contributed by atoms with Gasteiger partial charge in [0.25, 0.3) is 0 Å². The van der Waals surface area contributed by atoms with E-state index in [9.17, 15) is 19.8 Å². The van der Waals surface area contributed by atoms with Crippen molar-refractivity contribution >= 4 is 11.9 Å². The molecule has 0 fully saturated rings. The van der Waals surface area contributed by atoms with Gasteiger partial charge in [0.1, 0.15) is 0 Å². The van der Waals surface area contributed by atoms with Gasteiger partial charge in [-0.25, -0.2) is 0 Å². The van der Waals surface area contributed by atoms with Crippen LogP contribution in [0.15, 0.2) is 48.6 Å². The van der Waals surface area contributed by atoms with Gasteiger partial charge in [-0.3, -0.25) is 9.59 Å². The first-order valence-electron chi connectivity index (χ1n) is 37.4. The zero-order valence-corrected chi connectivity index (χ0v) is 55.9. The van der Waals surface area contributed by atoms with Gasteiger partial charge in [0, 0.05) is 12.8 Å². The number of hydrogen-bond donors (Lipinski definition) is 3. The van der Waals surface area contributed by atoms with Gasteiger partial charge in [-0.2, -0.15) is 0 Å². The fourth-order valence-electron chi connectivity index (χ4n) is 11.6.